The Morgan fingerprint density at radius 1 is 0.857 bits per heavy atom. The van der Waals surface area contributed by atoms with Gasteiger partial charge in [0.05, 0.1) is 33.6 Å². The van der Waals surface area contributed by atoms with Crippen molar-refractivity contribution in [3.8, 4) is 23.0 Å². The van der Waals surface area contributed by atoms with Gasteiger partial charge in [0.2, 0.25) is 0 Å². The Hall–Kier alpha value is -2.89. The van der Waals surface area contributed by atoms with E-state index in [2.05, 4.69) is 12.2 Å². The molecule has 2 aromatic carbocycles. The van der Waals surface area contributed by atoms with E-state index >= 15 is 0 Å². The van der Waals surface area contributed by atoms with Gasteiger partial charge in [-0.05, 0) is 36.8 Å². The monoisotopic (exact) mass is 387 g/mol. The van der Waals surface area contributed by atoms with E-state index in [9.17, 15) is 4.79 Å². The molecule has 0 unspecified atom stereocenters. The number of hydrogen-bond acceptors (Lipinski definition) is 5. The number of rotatable bonds is 11. The van der Waals surface area contributed by atoms with Crippen LogP contribution in [-0.4, -0.2) is 33.8 Å². The highest BCUT2D eigenvalue weighted by Crippen LogP contribution is 2.31. The quantitative estimate of drug-likeness (QED) is 0.554. The second-order valence-corrected chi connectivity index (χ2v) is 6.30. The largest absolute Gasteiger partial charge is 0.497 e. The normalized spacial score (nSPS) is 10.3. The zero-order chi connectivity index (χ0) is 20.4. The molecule has 0 radical (unpaired) electrons. The highest BCUT2D eigenvalue weighted by atomic mass is 16.5. The van der Waals surface area contributed by atoms with Crippen LogP contribution in [0.15, 0.2) is 36.4 Å². The minimum Gasteiger partial charge on any atom is -0.497 e. The smallest absolute Gasteiger partial charge is 0.255 e. The predicted molar refractivity (Wildman–Crippen MR) is 110 cm³/mol. The summed E-state index contributed by atoms with van der Waals surface area (Å²) in [6, 6.07) is 10.4. The average Bonchev–Trinajstić information content (AvgIpc) is 2.73. The minimum absolute atomic E-state index is 0.267. The molecule has 6 nitrogen and oxygen atoms in total. The molecule has 0 spiro atoms. The van der Waals surface area contributed by atoms with Crippen LogP contribution in [0.4, 0.5) is 5.69 Å². The van der Waals surface area contributed by atoms with Crippen molar-refractivity contribution >= 4 is 11.6 Å². The molecule has 0 aliphatic rings. The lowest BCUT2D eigenvalue weighted by Gasteiger charge is -2.14. The number of methoxy groups -OCH3 is 3. The Morgan fingerprint density at radius 2 is 1.64 bits per heavy atom. The molecule has 0 aliphatic carbocycles. The molecule has 0 saturated carbocycles. The number of amides is 1. The van der Waals surface area contributed by atoms with E-state index in [0.29, 0.717) is 40.9 Å². The second-order valence-electron chi connectivity index (χ2n) is 6.30. The second kappa shape index (κ2) is 11.1. The standard InChI is InChI=1S/C22H29NO5/c1-5-6-7-8-13-28-19-12-9-16(14-21(19)27-4)22(24)23-18-11-10-17(25-2)15-20(18)26-3/h9-12,14-15H,5-8,13H2,1-4H3,(H,23,24). The molecule has 1 amide bonds. The van der Waals surface area contributed by atoms with Gasteiger partial charge in [0.25, 0.3) is 5.91 Å². The summed E-state index contributed by atoms with van der Waals surface area (Å²) in [6.07, 6.45) is 4.53. The van der Waals surface area contributed by atoms with Crippen LogP contribution in [0.2, 0.25) is 0 Å². The Labute approximate surface area is 166 Å². The van der Waals surface area contributed by atoms with Crippen molar-refractivity contribution in [3.63, 3.8) is 0 Å². The number of hydrogen-bond donors (Lipinski definition) is 1. The molecule has 152 valence electrons. The molecule has 0 saturated heterocycles. The van der Waals surface area contributed by atoms with Gasteiger partial charge >= 0.3 is 0 Å². The van der Waals surface area contributed by atoms with E-state index in [0.717, 1.165) is 12.8 Å². The minimum atomic E-state index is -0.267. The third-order valence-electron chi connectivity index (χ3n) is 4.34. The number of unbranched alkanes of at least 4 members (excludes halogenated alkanes) is 3. The number of carbonyl (C=O) groups is 1. The molecule has 2 rings (SSSR count). The lowest BCUT2D eigenvalue weighted by atomic mass is 10.1. The lowest BCUT2D eigenvalue weighted by molar-refractivity contribution is 0.102. The van der Waals surface area contributed by atoms with Crippen molar-refractivity contribution in [2.24, 2.45) is 0 Å². The van der Waals surface area contributed by atoms with Crippen LogP contribution in [-0.2, 0) is 0 Å². The predicted octanol–water partition coefficient (Wildman–Crippen LogP) is 4.92. The molecule has 1 N–H and O–H groups in total. The van der Waals surface area contributed by atoms with Gasteiger partial charge in [-0.1, -0.05) is 26.2 Å². The van der Waals surface area contributed by atoms with Gasteiger partial charge < -0.3 is 24.3 Å². The number of carbonyl (C=O) groups excluding carboxylic acids is 1. The van der Waals surface area contributed by atoms with Crippen LogP contribution in [0.25, 0.3) is 0 Å². The van der Waals surface area contributed by atoms with Crippen LogP contribution in [0, 0.1) is 0 Å². The van der Waals surface area contributed by atoms with Crippen molar-refractivity contribution in [1.82, 2.24) is 0 Å². The summed E-state index contributed by atoms with van der Waals surface area (Å²) in [7, 11) is 4.68. The Morgan fingerprint density at radius 3 is 2.32 bits per heavy atom. The molecule has 0 aromatic heterocycles. The van der Waals surface area contributed by atoms with Crippen LogP contribution in [0.1, 0.15) is 43.0 Å². The molecule has 0 bridgehead atoms. The first-order valence-corrected chi connectivity index (χ1v) is 9.47. The van der Waals surface area contributed by atoms with E-state index < -0.39 is 0 Å². The van der Waals surface area contributed by atoms with Gasteiger partial charge in [-0.15, -0.1) is 0 Å². The molecule has 0 atom stereocenters. The van der Waals surface area contributed by atoms with Gasteiger partial charge in [-0.25, -0.2) is 0 Å². The molecule has 0 heterocycles. The number of ether oxygens (including phenoxy) is 4. The third kappa shape index (κ3) is 5.81. The van der Waals surface area contributed by atoms with Crippen molar-refractivity contribution in [1.29, 1.82) is 0 Å². The van der Waals surface area contributed by atoms with Gasteiger partial charge in [-0.3, -0.25) is 4.79 Å². The van der Waals surface area contributed by atoms with Gasteiger partial charge in [-0.2, -0.15) is 0 Å². The molecule has 2 aromatic rings. The summed E-state index contributed by atoms with van der Waals surface area (Å²) in [5.74, 6) is 2.07. The highest BCUT2D eigenvalue weighted by Gasteiger charge is 2.14. The van der Waals surface area contributed by atoms with E-state index in [1.807, 2.05) is 0 Å². The summed E-state index contributed by atoms with van der Waals surface area (Å²) in [6.45, 7) is 2.81. The first-order chi connectivity index (χ1) is 13.6. The van der Waals surface area contributed by atoms with Crippen molar-refractivity contribution in [3.05, 3.63) is 42.0 Å². The zero-order valence-electron chi connectivity index (χ0n) is 17.0. The third-order valence-corrected chi connectivity index (χ3v) is 4.34. The van der Waals surface area contributed by atoms with Crippen molar-refractivity contribution in [2.75, 3.05) is 33.3 Å². The van der Waals surface area contributed by atoms with E-state index in [4.69, 9.17) is 18.9 Å². The lowest BCUT2D eigenvalue weighted by Crippen LogP contribution is -2.13. The van der Waals surface area contributed by atoms with E-state index in [1.165, 1.54) is 12.8 Å². The van der Waals surface area contributed by atoms with Crippen LogP contribution < -0.4 is 24.3 Å². The number of nitrogens with one attached hydrogen (secondary N) is 1. The zero-order valence-corrected chi connectivity index (χ0v) is 17.0. The molecular weight excluding hydrogens is 358 g/mol. The summed E-state index contributed by atoms with van der Waals surface area (Å²) in [5.41, 5.74) is 1.02. The fourth-order valence-electron chi connectivity index (χ4n) is 2.74. The maximum absolute atomic E-state index is 12.7. The van der Waals surface area contributed by atoms with Crippen LogP contribution in [0.5, 0.6) is 23.0 Å². The summed E-state index contributed by atoms with van der Waals surface area (Å²) < 4.78 is 21.7. The highest BCUT2D eigenvalue weighted by molar-refractivity contribution is 6.05. The molecule has 0 aliphatic heterocycles. The van der Waals surface area contributed by atoms with Crippen LogP contribution >= 0.6 is 0 Å². The SMILES string of the molecule is CCCCCCOc1ccc(C(=O)Nc2ccc(OC)cc2OC)cc1OC. The van der Waals surface area contributed by atoms with Crippen LogP contribution in [0.3, 0.4) is 0 Å². The van der Waals surface area contributed by atoms with E-state index in [-0.39, 0.29) is 5.91 Å². The van der Waals surface area contributed by atoms with Gasteiger partial charge in [0.15, 0.2) is 11.5 Å². The van der Waals surface area contributed by atoms with Crippen molar-refractivity contribution < 1.29 is 23.7 Å². The summed E-state index contributed by atoms with van der Waals surface area (Å²) in [5, 5.41) is 2.85. The molecule has 0 fully saturated rings. The Bertz CT molecular complexity index is 776. The first kappa shape index (κ1) is 21.4. The summed E-state index contributed by atoms with van der Waals surface area (Å²) in [4.78, 5) is 12.7. The maximum atomic E-state index is 12.7. The van der Waals surface area contributed by atoms with Gasteiger partial charge in [0.1, 0.15) is 11.5 Å². The fraction of sp³-hybridized carbons (Fsp3) is 0.409. The Kier molecular flexibility index (Phi) is 8.46. The molecule has 6 heteroatoms. The van der Waals surface area contributed by atoms with Gasteiger partial charge in [0, 0.05) is 11.6 Å². The fourth-order valence-corrected chi connectivity index (χ4v) is 2.74. The van der Waals surface area contributed by atoms with Crippen molar-refractivity contribution in [2.45, 2.75) is 32.6 Å². The van der Waals surface area contributed by atoms with E-state index in [1.54, 1.807) is 57.7 Å². The summed E-state index contributed by atoms with van der Waals surface area (Å²) >= 11 is 0. The number of benzene rings is 2. The number of anilines is 1. The Balaban J connectivity index is 2.07. The topological polar surface area (TPSA) is 66.0 Å². The first-order valence-electron chi connectivity index (χ1n) is 9.47. The molecular formula is C22H29NO5. The molecule has 28 heavy (non-hydrogen) atoms. The average molecular weight is 387 g/mol. The maximum Gasteiger partial charge on any atom is 0.255 e.